The molecule has 0 aliphatic carbocycles. The van der Waals surface area contributed by atoms with Crippen LogP contribution >= 0.6 is 0 Å². The number of piperidine rings is 1. The molecule has 1 aliphatic rings. The number of sulfone groups is 1. The highest BCUT2D eigenvalue weighted by atomic mass is 32.2. The summed E-state index contributed by atoms with van der Waals surface area (Å²) < 4.78 is 23.9. The molecule has 1 aliphatic heterocycles. The maximum absolute atomic E-state index is 12.5. The smallest absolute Gasteiger partial charge is 0.311 e. The Morgan fingerprint density at radius 1 is 1.17 bits per heavy atom. The highest BCUT2D eigenvalue weighted by molar-refractivity contribution is 7.90. The van der Waals surface area contributed by atoms with Gasteiger partial charge in [0.15, 0.2) is 9.84 Å². The molecule has 0 atom stereocenters. The number of anilines is 1. The third kappa shape index (κ3) is 4.96. The summed E-state index contributed by atoms with van der Waals surface area (Å²) in [4.78, 5) is 25.0. The summed E-state index contributed by atoms with van der Waals surface area (Å²) >= 11 is 0. The lowest BCUT2D eigenvalue weighted by Gasteiger charge is -2.32. The van der Waals surface area contributed by atoms with Crippen molar-refractivity contribution in [3.05, 3.63) is 63.7 Å². The van der Waals surface area contributed by atoms with Gasteiger partial charge in [0, 0.05) is 31.8 Å². The summed E-state index contributed by atoms with van der Waals surface area (Å²) in [6, 6.07) is 12.3. The van der Waals surface area contributed by atoms with E-state index in [1.165, 1.54) is 12.1 Å². The molecule has 3 rings (SSSR count). The molecular weight excluding hydrogens is 406 g/mol. The maximum atomic E-state index is 12.5. The predicted molar refractivity (Wildman–Crippen MR) is 114 cm³/mol. The molecule has 1 heterocycles. The molecule has 30 heavy (non-hydrogen) atoms. The number of amides is 1. The van der Waals surface area contributed by atoms with Crippen molar-refractivity contribution in [1.82, 2.24) is 5.32 Å². The van der Waals surface area contributed by atoms with E-state index < -0.39 is 20.4 Å². The fourth-order valence-corrected chi connectivity index (χ4v) is 4.53. The van der Waals surface area contributed by atoms with E-state index in [-0.39, 0.29) is 22.4 Å². The van der Waals surface area contributed by atoms with Crippen LogP contribution in [0.4, 0.5) is 11.4 Å². The van der Waals surface area contributed by atoms with Crippen molar-refractivity contribution in [1.29, 1.82) is 0 Å². The number of aryl methyl sites for hydroxylation is 1. The molecule has 0 aromatic heterocycles. The van der Waals surface area contributed by atoms with Crippen molar-refractivity contribution in [2.45, 2.75) is 31.2 Å². The van der Waals surface area contributed by atoms with Gasteiger partial charge in [-0.25, -0.2) is 8.42 Å². The molecule has 1 fully saturated rings. The van der Waals surface area contributed by atoms with Gasteiger partial charge in [0.1, 0.15) is 10.6 Å². The van der Waals surface area contributed by atoms with Crippen molar-refractivity contribution < 1.29 is 18.1 Å². The average Bonchev–Trinajstić information content (AvgIpc) is 2.72. The van der Waals surface area contributed by atoms with Gasteiger partial charge in [0.2, 0.25) is 5.91 Å². The number of carbonyl (C=O) groups excluding carboxylic acids is 1. The molecule has 160 valence electrons. The topological polar surface area (TPSA) is 110 Å². The number of para-hydroxylation sites is 1. The molecule has 1 N–H and O–H groups in total. The summed E-state index contributed by atoms with van der Waals surface area (Å²) in [5.74, 6) is -0.210. The third-order valence-corrected chi connectivity index (χ3v) is 6.48. The molecule has 0 saturated carbocycles. The molecule has 2 aromatic rings. The van der Waals surface area contributed by atoms with Crippen LogP contribution in [0.25, 0.3) is 0 Å². The van der Waals surface area contributed by atoms with Gasteiger partial charge in [0.25, 0.3) is 0 Å². The van der Waals surface area contributed by atoms with Gasteiger partial charge in [-0.05, 0) is 37.5 Å². The summed E-state index contributed by atoms with van der Waals surface area (Å²) in [5.41, 5.74) is 2.06. The van der Waals surface area contributed by atoms with Crippen LogP contribution in [0.1, 0.15) is 24.0 Å². The van der Waals surface area contributed by atoms with Crippen molar-refractivity contribution >= 4 is 27.1 Å². The number of hydrogen-bond donors (Lipinski definition) is 1. The second-order valence-electron chi connectivity index (χ2n) is 7.62. The quantitative estimate of drug-likeness (QED) is 0.556. The highest BCUT2D eigenvalue weighted by Gasteiger charge is 2.32. The molecule has 0 spiro atoms. The molecule has 2 aromatic carbocycles. The minimum atomic E-state index is -3.73. The second-order valence-corrected chi connectivity index (χ2v) is 9.60. The Kier molecular flexibility index (Phi) is 6.40. The monoisotopic (exact) mass is 431 g/mol. The van der Waals surface area contributed by atoms with E-state index >= 15 is 0 Å². The highest BCUT2D eigenvalue weighted by Crippen LogP contribution is 2.36. The van der Waals surface area contributed by atoms with Crippen LogP contribution in [0.5, 0.6) is 0 Å². The third-order valence-electron chi connectivity index (χ3n) is 5.35. The standard InChI is InChI=1S/C21H25N3O5S/c1-15-6-8-16(9-7-15)14-22-21(25)17-10-12-23(13-11-17)18-4-3-5-19(30(2,28)29)20(18)24(26)27/h3-9,17H,10-14H2,1-2H3,(H,22,25). The molecule has 0 radical (unpaired) electrons. The average molecular weight is 432 g/mol. The van der Waals surface area contributed by atoms with Crippen LogP contribution in [-0.2, 0) is 21.2 Å². The number of rotatable bonds is 6. The number of nitrogens with zero attached hydrogens (tertiary/aromatic N) is 2. The van der Waals surface area contributed by atoms with Crippen LogP contribution < -0.4 is 10.2 Å². The zero-order valence-corrected chi connectivity index (χ0v) is 17.8. The van der Waals surface area contributed by atoms with Crippen molar-refractivity contribution in [3.8, 4) is 0 Å². The molecular formula is C21H25N3O5S. The molecule has 8 nitrogen and oxygen atoms in total. The fraction of sp³-hybridized carbons (Fsp3) is 0.381. The van der Waals surface area contributed by atoms with Crippen molar-refractivity contribution in [2.24, 2.45) is 5.92 Å². The summed E-state index contributed by atoms with van der Waals surface area (Å²) in [5, 5.41) is 14.6. The lowest BCUT2D eigenvalue weighted by Crippen LogP contribution is -2.40. The van der Waals surface area contributed by atoms with Gasteiger partial charge in [-0.1, -0.05) is 35.9 Å². The zero-order chi connectivity index (χ0) is 21.9. The number of nitro groups is 1. The van der Waals surface area contributed by atoms with Crippen LogP contribution in [0, 0.1) is 23.0 Å². The fourth-order valence-electron chi connectivity index (χ4n) is 3.67. The van der Waals surface area contributed by atoms with Gasteiger partial charge < -0.3 is 10.2 Å². The van der Waals surface area contributed by atoms with Gasteiger partial charge >= 0.3 is 5.69 Å². The lowest BCUT2D eigenvalue weighted by atomic mass is 9.95. The van der Waals surface area contributed by atoms with Gasteiger partial charge in [-0.2, -0.15) is 0 Å². The molecule has 1 amide bonds. The van der Waals surface area contributed by atoms with Crippen LogP contribution in [0.3, 0.4) is 0 Å². The van der Waals surface area contributed by atoms with Crippen LogP contribution in [0.2, 0.25) is 0 Å². The predicted octanol–water partition coefficient (Wildman–Crippen LogP) is 2.84. The Morgan fingerprint density at radius 3 is 2.37 bits per heavy atom. The largest absolute Gasteiger partial charge is 0.366 e. The van der Waals surface area contributed by atoms with E-state index in [0.717, 1.165) is 17.4 Å². The second kappa shape index (κ2) is 8.83. The van der Waals surface area contributed by atoms with Crippen LogP contribution in [0.15, 0.2) is 47.4 Å². The summed E-state index contributed by atoms with van der Waals surface area (Å²) in [7, 11) is -3.73. The van der Waals surface area contributed by atoms with E-state index in [1.807, 2.05) is 31.2 Å². The Hall–Kier alpha value is -2.94. The number of benzene rings is 2. The number of nitrogens with one attached hydrogen (secondary N) is 1. The Bertz CT molecular complexity index is 1040. The first-order chi connectivity index (χ1) is 14.2. The van der Waals surface area contributed by atoms with Crippen molar-refractivity contribution in [2.75, 3.05) is 24.2 Å². The first-order valence-electron chi connectivity index (χ1n) is 9.72. The number of carbonyl (C=O) groups is 1. The molecule has 1 saturated heterocycles. The first kappa shape index (κ1) is 21.8. The Morgan fingerprint density at radius 2 is 1.80 bits per heavy atom. The van der Waals surface area contributed by atoms with E-state index in [0.29, 0.717) is 32.5 Å². The summed E-state index contributed by atoms with van der Waals surface area (Å²) in [6.45, 7) is 3.35. The summed E-state index contributed by atoms with van der Waals surface area (Å²) in [6.07, 6.45) is 2.05. The molecule has 0 bridgehead atoms. The minimum Gasteiger partial charge on any atom is -0.366 e. The number of hydrogen-bond acceptors (Lipinski definition) is 6. The van der Waals surface area contributed by atoms with E-state index in [4.69, 9.17) is 0 Å². The first-order valence-corrected chi connectivity index (χ1v) is 11.6. The van der Waals surface area contributed by atoms with Gasteiger partial charge in [-0.3, -0.25) is 14.9 Å². The van der Waals surface area contributed by atoms with E-state index in [1.54, 1.807) is 11.0 Å². The molecule has 9 heteroatoms. The lowest BCUT2D eigenvalue weighted by molar-refractivity contribution is -0.387. The SMILES string of the molecule is Cc1ccc(CNC(=O)C2CCN(c3cccc(S(C)(=O)=O)c3[N+](=O)[O-])CC2)cc1. The zero-order valence-electron chi connectivity index (χ0n) is 17.0. The van der Waals surface area contributed by atoms with E-state index in [2.05, 4.69) is 5.32 Å². The van der Waals surface area contributed by atoms with E-state index in [9.17, 15) is 23.3 Å². The Labute approximate surface area is 176 Å². The van der Waals surface area contributed by atoms with Crippen molar-refractivity contribution in [3.63, 3.8) is 0 Å². The minimum absolute atomic E-state index is 0.0328. The van der Waals surface area contributed by atoms with Crippen LogP contribution in [-0.4, -0.2) is 38.6 Å². The maximum Gasteiger partial charge on any atom is 0.311 e. The normalized spacial score (nSPS) is 15.1. The van der Waals surface area contributed by atoms with Gasteiger partial charge in [-0.15, -0.1) is 0 Å². The Balaban J connectivity index is 1.66. The number of nitro benzene ring substituents is 1. The van der Waals surface area contributed by atoms with Gasteiger partial charge in [0.05, 0.1) is 4.92 Å². The molecule has 0 unspecified atom stereocenters.